The van der Waals surface area contributed by atoms with Crippen molar-refractivity contribution in [3.8, 4) is 5.69 Å². The van der Waals surface area contributed by atoms with Crippen molar-refractivity contribution in [1.82, 2.24) is 39.0 Å². The van der Waals surface area contributed by atoms with Gasteiger partial charge in [0, 0.05) is 61.8 Å². The Hall–Kier alpha value is -5.35. The number of aryl methyl sites for hydroxylation is 2. The second-order valence-electron chi connectivity index (χ2n) is 18.2. The predicted octanol–water partition coefficient (Wildman–Crippen LogP) is 6.01. The van der Waals surface area contributed by atoms with Gasteiger partial charge in [-0.25, -0.2) is 18.2 Å². The van der Waals surface area contributed by atoms with E-state index in [4.69, 9.17) is 16.5 Å². The minimum absolute atomic E-state index is 0.0113. The van der Waals surface area contributed by atoms with Gasteiger partial charge in [0.15, 0.2) is 5.96 Å². The first-order valence-electron chi connectivity index (χ1n) is 21.6. The van der Waals surface area contributed by atoms with E-state index in [0.717, 1.165) is 103 Å². The molecule has 7 rings (SSSR count). The first kappa shape index (κ1) is 46.2. The number of hydrogen-bond acceptors (Lipinski definition) is 8. The zero-order valence-electron chi connectivity index (χ0n) is 37.4. The lowest BCUT2D eigenvalue weighted by Crippen LogP contribution is -2.46. The lowest BCUT2D eigenvalue weighted by atomic mass is 9.87. The van der Waals surface area contributed by atoms with Gasteiger partial charge >= 0.3 is 5.69 Å². The average molecular weight is 864 g/mol. The number of para-hydroxylation sites is 2. The van der Waals surface area contributed by atoms with E-state index < -0.39 is 10.0 Å². The van der Waals surface area contributed by atoms with Crippen molar-refractivity contribution in [2.24, 2.45) is 23.5 Å². The zero-order chi connectivity index (χ0) is 44.7. The van der Waals surface area contributed by atoms with Crippen LogP contribution in [0.15, 0.2) is 99.7 Å². The fraction of sp³-hybridized carbons (Fsp3) is 0.447. The number of aromatic amines is 1. The molecule has 3 aromatic heterocycles. The maximum atomic E-state index is 13.7. The van der Waals surface area contributed by atoms with E-state index in [0.29, 0.717) is 23.6 Å². The lowest BCUT2D eigenvalue weighted by Gasteiger charge is -2.34. The Morgan fingerprint density at radius 2 is 1.61 bits per heavy atom. The van der Waals surface area contributed by atoms with Crippen molar-refractivity contribution in [2.75, 3.05) is 32.7 Å². The van der Waals surface area contributed by atoms with Crippen LogP contribution < -0.4 is 27.8 Å². The molecule has 1 fully saturated rings. The third kappa shape index (κ3) is 11.6. The molecule has 62 heavy (non-hydrogen) atoms. The first-order chi connectivity index (χ1) is 29.4. The molecular formula is C47H65N11O3S. The van der Waals surface area contributed by atoms with Crippen molar-refractivity contribution in [3.05, 3.63) is 118 Å². The smallest absolute Gasteiger partial charge is 0.354 e. The van der Waals surface area contributed by atoms with Crippen LogP contribution in [0.2, 0.25) is 0 Å². The minimum Gasteiger partial charge on any atom is -0.370 e. The van der Waals surface area contributed by atoms with Gasteiger partial charge in [-0.05, 0) is 104 Å². The molecule has 0 atom stereocenters. The van der Waals surface area contributed by atoms with Crippen LogP contribution in [0.5, 0.6) is 0 Å². The largest absolute Gasteiger partial charge is 0.370 e. The standard InChI is InChI=1S/C26H36N4O2S.C21H29N7O/c1-26(2,3)20-11-13-22(14-12-20)33(31,32)30(21-15-17-27-18-16-21)19-7-10-25-28-23-8-5-6-9-24(23)29(25)4;1-21(2,3)17-11-15-13-28(20(29)27-18(15)26-17)16-7-5-14(6-8-16)12-24-9-4-10-25-19(22)23/h5-6,8-9,11-14,21,27H,7,10,15-19H2,1-4H3;5-8,11,13,24H,4,9-10,12H2,1-3H3,(H4,22,23,25)(H,26,27,29). The molecular weight excluding hydrogens is 799 g/mol. The second-order valence-corrected chi connectivity index (χ2v) is 20.1. The van der Waals surface area contributed by atoms with Crippen LogP contribution >= 0.6 is 0 Å². The molecule has 14 nitrogen and oxygen atoms in total. The van der Waals surface area contributed by atoms with E-state index >= 15 is 0 Å². The minimum atomic E-state index is -3.57. The molecule has 0 aliphatic carbocycles. The number of sulfonamides is 1. The lowest BCUT2D eigenvalue weighted by molar-refractivity contribution is 0.259. The molecule has 0 saturated carbocycles. The summed E-state index contributed by atoms with van der Waals surface area (Å²) in [5.74, 6) is 1.12. The van der Waals surface area contributed by atoms with E-state index in [9.17, 15) is 13.2 Å². The highest BCUT2D eigenvalue weighted by Gasteiger charge is 2.32. The summed E-state index contributed by atoms with van der Waals surface area (Å²) in [6, 6.07) is 25.5. The molecule has 0 unspecified atom stereocenters. The Morgan fingerprint density at radius 1 is 0.919 bits per heavy atom. The van der Waals surface area contributed by atoms with Gasteiger partial charge in [0.2, 0.25) is 10.0 Å². The Morgan fingerprint density at radius 3 is 2.26 bits per heavy atom. The van der Waals surface area contributed by atoms with Crippen molar-refractivity contribution in [1.29, 1.82) is 0 Å². The number of aromatic nitrogens is 5. The second kappa shape index (κ2) is 19.8. The number of fused-ring (bicyclic) bond motifs is 2. The molecule has 6 aromatic rings. The van der Waals surface area contributed by atoms with Crippen LogP contribution in [0, 0.1) is 0 Å². The van der Waals surface area contributed by atoms with Gasteiger partial charge in [-0.15, -0.1) is 0 Å². The molecule has 1 aliphatic rings. The molecule has 1 saturated heterocycles. The third-order valence-electron chi connectivity index (χ3n) is 11.4. The quantitative estimate of drug-likeness (QED) is 0.0495. The summed E-state index contributed by atoms with van der Waals surface area (Å²) in [4.78, 5) is 29.0. The van der Waals surface area contributed by atoms with Gasteiger partial charge in [0.25, 0.3) is 0 Å². The number of H-pyrrole nitrogens is 1. The number of nitrogens with one attached hydrogen (secondary N) is 3. The summed E-state index contributed by atoms with van der Waals surface area (Å²) in [5, 5.41) is 7.62. The molecule has 1 aliphatic heterocycles. The van der Waals surface area contributed by atoms with Crippen molar-refractivity contribution < 1.29 is 8.42 Å². The fourth-order valence-corrected chi connectivity index (χ4v) is 9.39. The van der Waals surface area contributed by atoms with Crippen LogP contribution in [0.4, 0.5) is 0 Å². The average Bonchev–Trinajstić information content (AvgIpc) is 3.81. The monoisotopic (exact) mass is 863 g/mol. The number of imidazole rings is 1. The van der Waals surface area contributed by atoms with E-state index in [-0.39, 0.29) is 28.5 Å². The van der Waals surface area contributed by atoms with Gasteiger partial charge in [0.05, 0.1) is 21.6 Å². The number of nitrogens with zero attached hydrogens (tertiary/aromatic N) is 6. The summed E-state index contributed by atoms with van der Waals surface area (Å²) >= 11 is 0. The van der Waals surface area contributed by atoms with Crippen molar-refractivity contribution >= 4 is 38.0 Å². The molecule has 0 bridgehead atoms. The van der Waals surface area contributed by atoms with E-state index in [2.05, 4.69) is 83.8 Å². The molecule has 4 heterocycles. The maximum Gasteiger partial charge on any atom is 0.354 e. The Bertz CT molecular complexity index is 2600. The Kier molecular flexibility index (Phi) is 14.7. The van der Waals surface area contributed by atoms with Crippen LogP contribution in [-0.2, 0) is 40.9 Å². The third-order valence-corrected chi connectivity index (χ3v) is 13.3. The number of guanidine groups is 1. The summed E-state index contributed by atoms with van der Waals surface area (Å²) < 4.78 is 32.9. The molecule has 15 heteroatoms. The topological polar surface area (TPSA) is 194 Å². The highest BCUT2D eigenvalue weighted by molar-refractivity contribution is 7.89. The van der Waals surface area contributed by atoms with Crippen LogP contribution in [0.3, 0.4) is 0 Å². The molecule has 3 aromatic carbocycles. The van der Waals surface area contributed by atoms with Gasteiger partial charge in [-0.1, -0.05) is 77.9 Å². The van der Waals surface area contributed by atoms with Crippen molar-refractivity contribution in [3.63, 3.8) is 0 Å². The number of rotatable bonds is 14. The van der Waals surface area contributed by atoms with Crippen LogP contribution in [0.25, 0.3) is 27.8 Å². The Labute approximate surface area is 366 Å². The van der Waals surface area contributed by atoms with Gasteiger partial charge in [-0.3, -0.25) is 9.56 Å². The predicted molar refractivity (Wildman–Crippen MR) is 251 cm³/mol. The number of aliphatic imine (C=N–C) groups is 1. The SMILES string of the molecule is CC(C)(C)c1cc2cn(-c3ccc(CNCCCN=C(N)N)cc3)c(=O)nc2[nH]1.Cn1c(CCCN(C2CCNCC2)S(=O)(=O)c2ccc(C(C)(C)C)cc2)nc2ccccc21. The molecule has 0 spiro atoms. The number of benzene rings is 3. The van der Waals surface area contributed by atoms with Crippen LogP contribution in [-0.4, -0.2) is 81.5 Å². The van der Waals surface area contributed by atoms with Gasteiger partial charge in [-0.2, -0.15) is 9.29 Å². The summed E-state index contributed by atoms with van der Waals surface area (Å²) in [6.45, 7) is 17.2. The Balaban J connectivity index is 0.000000209. The fourth-order valence-electron chi connectivity index (χ4n) is 7.67. The zero-order valence-corrected chi connectivity index (χ0v) is 38.2. The first-order valence-corrected chi connectivity index (χ1v) is 23.1. The molecule has 332 valence electrons. The normalized spacial score (nSPS) is 14.0. The van der Waals surface area contributed by atoms with Gasteiger partial charge in [0.1, 0.15) is 11.5 Å². The number of hydrogen-bond donors (Lipinski definition) is 5. The number of nitrogens with two attached hydrogens (primary N) is 2. The summed E-state index contributed by atoms with van der Waals surface area (Å²) in [6.07, 6.45) is 5.86. The van der Waals surface area contributed by atoms with Gasteiger partial charge < -0.3 is 31.7 Å². The van der Waals surface area contributed by atoms with Crippen molar-refractivity contribution in [2.45, 2.75) is 102 Å². The molecule has 7 N–H and O–H groups in total. The van der Waals surface area contributed by atoms with Crippen LogP contribution in [0.1, 0.15) is 89.9 Å². The summed E-state index contributed by atoms with van der Waals surface area (Å²) in [5.41, 5.74) is 17.1. The molecule has 0 amide bonds. The maximum absolute atomic E-state index is 13.7. The molecule has 0 radical (unpaired) electrons. The summed E-state index contributed by atoms with van der Waals surface area (Å²) in [7, 11) is -1.54. The van der Waals surface area contributed by atoms with E-state index in [1.165, 1.54) is 0 Å². The van der Waals surface area contributed by atoms with E-state index in [1.807, 2.05) is 67.8 Å². The highest BCUT2D eigenvalue weighted by Crippen LogP contribution is 2.28. The van der Waals surface area contributed by atoms with E-state index in [1.54, 1.807) is 21.0 Å². The highest BCUT2D eigenvalue weighted by atomic mass is 32.2. The number of piperidine rings is 1.